The van der Waals surface area contributed by atoms with E-state index in [1.807, 2.05) is 0 Å². The van der Waals surface area contributed by atoms with E-state index >= 15 is 0 Å². The van der Waals surface area contributed by atoms with Crippen LogP contribution in [-0.2, 0) is 14.8 Å². The number of nitrogens with one attached hydrogen (secondary N) is 1. The largest absolute Gasteiger partial charge is 0.396 e. The molecule has 1 aliphatic carbocycles. The Hall–Kier alpha value is -1.31. The van der Waals surface area contributed by atoms with Gasteiger partial charge in [0.2, 0.25) is 10.0 Å². The molecule has 1 aromatic rings. The molecule has 0 spiro atoms. The van der Waals surface area contributed by atoms with E-state index in [4.69, 9.17) is 10.5 Å². The molecule has 3 N–H and O–H groups in total. The second-order valence-electron chi connectivity index (χ2n) is 5.18. The van der Waals surface area contributed by atoms with Crippen molar-refractivity contribution in [2.24, 2.45) is 0 Å². The molecule has 7 heteroatoms. The average molecular weight is 299 g/mol. The summed E-state index contributed by atoms with van der Waals surface area (Å²) in [5, 5.41) is 3.27. The first-order valence-electron chi connectivity index (χ1n) is 6.46. The number of sulfonamides is 1. The third-order valence-electron chi connectivity index (χ3n) is 3.61. The monoisotopic (exact) mass is 299 g/mol. The Kier molecular flexibility index (Phi) is 4.22. The van der Waals surface area contributed by atoms with Crippen LogP contribution in [-0.4, -0.2) is 46.1 Å². The summed E-state index contributed by atoms with van der Waals surface area (Å²) >= 11 is 0. The van der Waals surface area contributed by atoms with Crippen LogP contribution >= 0.6 is 0 Å². The van der Waals surface area contributed by atoms with Crippen LogP contribution in [0.5, 0.6) is 0 Å². The Bertz CT molecular complexity index is 581. The summed E-state index contributed by atoms with van der Waals surface area (Å²) in [6.45, 7) is 0. The van der Waals surface area contributed by atoms with Crippen LogP contribution in [0.25, 0.3) is 0 Å². The molecule has 20 heavy (non-hydrogen) atoms. The molecule has 0 heterocycles. The zero-order chi connectivity index (χ0) is 14.9. The predicted molar refractivity (Wildman–Crippen MR) is 79.2 cm³/mol. The quantitative estimate of drug-likeness (QED) is 0.796. The van der Waals surface area contributed by atoms with Crippen LogP contribution in [0, 0.1) is 0 Å². The van der Waals surface area contributed by atoms with E-state index in [0.717, 1.165) is 17.1 Å². The number of rotatable bonds is 5. The summed E-state index contributed by atoms with van der Waals surface area (Å²) in [6.07, 6.45) is 2.09. The minimum atomic E-state index is -3.53. The lowest BCUT2D eigenvalue weighted by atomic mass is 9.89. The number of hydrogen-bond donors (Lipinski definition) is 2. The highest BCUT2D eigenvalue weighted by Gasteiger charge is 2.30. The van der Waals surface area contributed by atoms with Gasteiger partial charge in [-0.2, -0.15) is 0 Å². The standard InChI is InChI=1S/C13H21N3O3S/c1-16(2)20(17,18)12-6-4-5-11(13(12)14)15-9-7-10(8-9)19-3/h4-6,9-10,15H,7-8,14H2,1-3H3. The van der Waals surface area contributed by atoms with E-state index in [1.165, 1.54) is 20.2 Å². The second-order valence-corrected chi connectivity index (χ2v) is 7.30. The average Bonchev–Trinajstić information content (AvgIpc) is 2.34. The number of nitrogen functional groups attached to an aromatic ring is 1. The van der Waals surface area contributed by atoms with Gasteiger partial charge in [-0.15, -0.1) is 0 Å². The lowest BCUT2D eigenvalue weighted by molar-refractivity contribution is 0.0329. The molecule has 0 atom stereocenters. The van der Waals surface area contributed by atoms with Crippen molar-refractivity contribution in [3.05, 3.63) is 18.2 Å². The molecule has 0 saturated heterocycles. The molecule has 0 amide bonds. The summed E-state index contributed by atoms with van der Waals surface area (Å²) in [7, 11) is 1.15. The first-order chi connectivity index (χ1) is 9.36. The third kappa shape index (κ3) is 2.74. The van der Waals surface area contributed by atoms with Gasteiger partial charge in [-0.1, -0.05) is 6.07 Å². The van der Waals surface area contributed by atoms with Crippen LogP contribution in [0.3, 0.4) is 0 Å². The Labute approximate surface area is 120 Å². The van der Waals surface area contributed by atoms with Gasteiger partial charge in [-0.25, -0.2) is 12.7 Å². The van der Waals surface area contributed by atoms with Gasteiger partial charge in [0.05, 0.1) is 17.5 Å². The van der Waals surface area contributed by atoms with Crippen LogP contribution < -0.4 is 11.1 Å². The molecular formula is C13H21N3O3S. The Morgan fingerprint density at radius 3 is 2.55 bits per heavy atom. The van der Waals surface area contributed by atoms with E-state index in [0.29, 0.717) is 5.69 Å². The fourth-order valence-electron chi connectivity index (χ4n) is 2.19. The van der Waals surface area contributed by atoms with Gasteiger partial charge >= 0.3 is 0 Å². The first-order valence-corrected chi connectivity index (χ1v) is 7.90. The van der Waals surface area contributed by atoms with Crippen LogP contribution in [0.2, 0.25) is 0 Å². The lowest BCUT2D eigenvalue weighted by Crippen LogP contribution is -2.40. The number of methoxy groups -OCH3 is 1. The van der Waals surface area contributed by atoms with Crippen molar-refractivity contribution in [2.45, 2.75) is 29.9 Å². The number of nitrogens with two attached hydrogens (primary N) is 1. The Balaban J connectivity index is 2.21. The van der Waals surface area contributed by atoms with Crippen molar-refractivity contribution in [3.63, 3.8) is 0 Å². The van der Waals surface area contributed by atoms with Crippen molar-refractivity contribution in [3.8, 4) is 0 Å². The SMILES string of the molecule is COC1CC(Nc2cccc(S(=O)(=O)N(C)C)c2N)C1. The molecule has 1 aromatic carbocycles. The maximum absolute atomic E-state index is 12.2. The van der Waals surface area contributed by atoms with Crippen LogP contribution in [0.4, 0.5) is 11.4 Å². The highest BCUT2D eigenvalue weighted by atomic mass is 32.2. The first kappa shape index (κ1) is 15.1. The van der Waals surface area contributed by atoms with Gasteiger partial charge in [0.1, 0.15) is 4.90 Å². The molecule has 0 aliphatic heterocycles. The molecule has 2 rings (SSSR count). The number of hydrogen-bond acceptors (Lipinski definition) is 5. The highest BCUT2D eigenvalue weighted by Crippen LogP contribution is 2.32. The van der Waals surface area contributed by atoms with Crippen LogP contribution in [0.1, 0.15) is 12.8 Å². The smallest absolute Gasteiger partial charge is 0.244 e. The van der Waals surface area contributed by atoms with Gasteiger partial charge in [0, 0.05) is 27.2 Å². The summed E-state index contributed by atoms with van der Waals surface area (Å²) in [5.41, 5.74) is 6.93. The van der Waals surface area contributed by atoms with Gasteiger partial charge in [0.25, 0.3) is 0 Å². The molecule has 112 valence electrons. The highest BCUT2D eigenvalue weighted by molar-refractivity contribution is 7.89. The second kappa shape index (κ2) is 5.59. The molecule has 0 bridgehead atoms. The van der Waals surface area contributed by atoms with E-state index < -0.39 is 10.0 Å². The fourth-order valence-corrected chi connectivity index (χ4v) is 3.22. The van der Waals surface area contributed by atoms with Crippen molar-refractivity contribution in [1.82, 2.24) is 4.31 Å². The minimum absolute atomic E-state index is 0.134. The predicted octanol–water partition coefficient (Wildman–Crippen LogP) is 1.11. The van der Waals surface area contributed by atoms with E-state index in [-0.39, 0.29) is 22.7 Å². The topological polar surface area (TPSA) is 84.7 Å². The zero-order valence-corrected chi connectivity index (χ0v) is 12.8. The van der Waals surface area contributed by atoms with E-state index in [1.54, 1.807) is 19.2 Å². The summed E-state index contributed by atoms with van der Waals surface area (Å²) in [6, 6.07) is 5.29. The van der Waals surface area contributed by atoms with Crippen molar-refractivity contribution in [1.29, 1.82) is 0 Å². The Morgan fingerprint density at radius 2 is 2.00 bits per heavy atom. The number of anilines is 2. The summed E-state index contributed by atoms with van der Waals surface area (Å²) < 4.78 is 30.7. The Morgan fingerprint density at radius 1 is 1.35 bits per heavy atom. The lowest BCUT2D eigenvalue weighted by Gasteiger charge is -2.35. The normalized spacial score (nSPS) is 22.6. The van der Waals surface area contributed by atoms with Gasteiger partial charge in [-0.3, -0.25) is 0 Å². The molecule has 0 unspecified atom stereocenters. The number of nitrogens with zero attached hydrogens (tertiary/aromatic N) is 1. The van der Waals surface area contributed by atoms with Crippen LogP contribution in [0.15, 0.2) is 23.1 Å². The van der Waals surface area contributed by atoms with Gasteiger partial charge in [-0.05, 0) is 25.0 Å². The van der Waals surface area contributed by atoms with E-state index in [9.17, 15) is 8.42 Å². The fraction of sp³-hybridized carbons (Fsp3) is 0.538. The zero-order valence-electron chi connectivity index (χ0n) is 12.0. The molecule has 1 saturated carbocycles. The molecular weight excluding hydrogens is 278 g/mol. The molecule has 1 fully saturated rings. The maximum atomic E-state index is 12.2. The van der Waals surface area contributed by atoms with Crippen molar-refractivity contribution >= 4 is 21.4 Å². The minimum Gasteiger partial charge on any atom is -0.396 e. The number of benzene rings is 1. The molecule has 0 aromatic heterocycles. The summed E-state index contributed by atoms with van der Waals surface area (Å²) in [5.74, 6) is 0. The molecule has 6 nitrogen and oxygen atoms in total. The van der Waals surface area contributed by atoms with Gasteiger partial charge in [0.15, 0.2) is 0 Å². The maximum Gasteiger partial charge on any atom is 0.244 e. The van der Waals surface area contributed by atoms with Crippen molar-refractivity contribution in [2.75, 3.05) is 32.3 Å². The molecule has 0 radical (unpaired) electrons. The summed E-state index contributed by atoms with van der Waals surface area (Å²) in [4.78, 5) is 0.134. The molecule has 1 aliphatic rings. The number of para-hydroxylation sites is 1. The van der Waals surface area contributed by atoms with Gasteiger partial charge < -0.3 is 15.8 Å². The third-order valence-corrected chi connectivity index (χ3v) is 5.49. The number of ether oxygens (including phenoxy) is 1. The van der Waals surface area contributed by atoms with E-state index in [2.05, 4.69) is 5.32 Å². The van der Waals surface area contributed by atoms with Crippen molar-refractivity contribution < 1.29 is 13.2 Å².